The topological polar surface area (TPSA) is 54.8 Å². The van der Waals surface area contributed by atoms with Crippen molar-refractivity contribution in [2.24, 2.45) is 0 Å². The Hall–Kier alpha value is -0.690. The largest absolute Gasteiger partial charge is 0.389 e. The summed E-state index contributed by atoms with van der Waals surface area (Å²) in [6, 6.07) is 2.05. The minimum Gasteiger partial charge on any atom is -0.389 e. The molecule has 0 saturated carbocycles. The predicted molar refractivity (Wildman–Crippen MR) is 87.9 cm³/mol. The second-order valence-electron chi connectivity index (χ2n) is 6.51. The number of halogens is 1. The van der Waals surface area contributed by atoms with Crippen molar-refractivity contribution >= 4 is 21.7 Å². The molecule has 2 aliphatic heterocycles. The molecule has 1 unspecified atom stereocenters. The fourth-order valence-corrected chi connectivity index (χ4v) is 3.28. The number of hydrogen-bond donors (Lipinski definition) is 1. The summed E-state index contributed by atoms with van der Waals surface area (Å²) in [5.74, 6) is 0.884. The summed E-state index contributed by atoms with van der Waals surface area (Å²) in [5, 5.41) is 9.56. The number of rotatable bonds is 4. The van der Waals surface area contributed by atoms with Crippen molar-refractivity contribution in [1.29, 1.82) is 0 Å². The molecule has 3 rings (SSSR count). The molecule has 1 aromatic heterocycles. The van der Waals surface area contributed by atoms with E-state index in [1.165, 1.54) is 0 Å². The lowest BCUT2D eigenvalue weighted by Crippen LogP contribution is -2.52. The van der Waals surface area contributed by atoms with Crippen LogP contribution in [0, 0.1) is 0 Å². The zero-order chi connectivity index (χ0) is 15.7. The van der Waals surface area contributed by atoms with Crippen LogP contribution in [0.4, 0.5) is 5.82 Å². The van der Waals surface area contributed by atoms with Crippen molar-refractivity contribution in [1.82, 2.24) is 4.98 Å². The van der Waals surface area contributed by atoms with E-state index >= 15 is 0 Å². The number of β-amino-alcohol motifs (C(OH)–C–C–N with tert-alkyl or cyclic N) is 1. The number of ether oxygens (including phenoxy) is 2. The van der Waals surface area contributed by atoms with E-state index in [1.807, 2.05) is 13.8 Å². The van der Waals surface area contributed by atoms with Gasteiger partial charge in [-0.2, -0.15) is 0 Å². The van der Waals surface area contributed by atoms with E-state index in [0.29, 0.717) is 13.1 Å². The van der Waals surface area contributed by atoms with Crippen LogP contribution < -0.4 is 4.90 Å². The van der Waals surface area contributed by atoms with Crippen molar-refractivity contribution in [3.05, 3.63) is 22.3 Å². The van der Waals surface area contributed by atoms with Gasteiger partial charge >= 0.3 is 0 Å². The van der Waals surface area contributed by atoms with Crippen LogP contribution in [0.1, 0.15) is 38.7 Å². The van der Waals surface area contributed by atoms with E-state index < -0.39 is 5.60 Å². The summed E-state index contributed by atoms with van der Waals surface area (Å²) in [4.78, 5) is 6.62. The summed E-state index contributed by atoms with van der Waals surface area (Å²) >= 11 is 3.50. The van der Waals surface area contributed by atoms with Crippen molar-refractivity contribution in [2.45, 2.75) is 51.1 Å². The number of aromatic nitrogens is 1. The Morgan fingerprint density at radius 2 is 2.18 bits per heavy atom. The van der Waals surface area contributed by atoms with Gasteiger partial charge in [0.1, 0.15) is 5.82 Å². The van der Waals surface area contributed by atoms with Crippen LogP contribution in [-0.2, 0) is 15.1 Å². The number of aliphatic hydroxyl groups is 1. The molecule has 1 aromatic rings. The Labute approximate surface area is 139 Å². The Balaban J connectivity index is 1.82. The molecule has 5 nitrogen and oxygen atoms in total. The molecule has 0 aromatic carbocycles. The number of anilines is 1. The molecule has 2 fully saturated rings. The highest BCUT2D eigenvalue weighted by Gasteiger charge is 2.35. The van der Waals surface area contributed by atoms with E-state index in [4.69, 9.17) is 9.47 Å². The number of hydrogen-bond acceptors (Lipinski definition) is 5. The third-order valence-electron chi connectivity index (χ3n) is 4.21. The van der Waals surface area contributed by atoms with Crippen LogP contribution in [0.3, 0.4) is 0 Å². The first-order valence-electron chi connectivity index (χ1n) is 7.84. The van der Waals surface area contributed by atoms with Gasteiger partial charge in [0.2, 0.25) is 0 Å². The second-order valence-corrected chi connectivity index (χ2v) is 7.42. The zero-order valence-electron chi connectivity index (χ0n) is 13.1. The normalized spacial score (nSPS) is 23.5. The standard InChI is InChI=1S/C16H23BrN2O3/c1-16(2,22-14-5-3-4-6-21-14)13-7-11(17)8-18-15(13)19-9-12(20)10-19/h7-8,12,14,20H,3-6,9-10H2,1-2H3. The van der Waals surface area contributed by atoms with Crippen LogP contribution in [0.2, 0.25) is 0 Å². The number of aliphatic hydroxyl groups excluding tert-OH is 1. The Kier molecular flexibility index (Phi) is 4.73. The quantitative estimate of drug-likeness (QED) is 0.882. The van der Waals surface area contributed by atoms with Gasteiger partial charge in [-0.25, -0.2) is 4.98 Å². The molecule has 2 saturated heterocycles. The zero-order valence-corrected chi connectivity index (χ0v) is 14.7. The van der Waals surface area contributed by atoms with E-state index in [9.17, 15) is 5.11 Å². The Morgan fingerprint density at radius 1 is 1.41 bits per heavy atom. The van der Waals surface area contributed by atoms with E-state index in [1.54, 1.807) is 6.20 Å². The fourth-order valence-electron chi connectivity index (χ4n) is 2.95. The van der Waals surface area contributed by atoms with Crippen molar-refractivity contribution in [3.8, 4) is 0 Å². The molecule has 122 valence electrons. The van der Waals surface area contributed by atoms with Gasteiger partial charge in [0.15, 0.2) is 6.29 Å². The van der Waals surface area contributed by atoms with Gasteiger partial charge < -0.3 is 19.5 Å². The van der Waals surface area contributed by atoms with E-state index in [0.717, 1.165) is 41.7 Å². The SMILES string of the molecule is CC(C)(OC1CCCCO1)c1cc(Br)cnc1N1CC(O)C1. The summed E-state index contributed by atoms with van der Waals surface area (Å²) in [7, 11) is 0. The summed E-state index contributed by atoms with van der Waals surface area (Å²) < 4.78 is 12.9. The van der Waals surface area contributed by atoms with Crippen molar-refractivity contribution in [2.75, 3.05) is 24.6 Å². The third-order valence-corrected chi connectivity index (χ3v) is 4.64. The molecule has 0 amide bonds. The minimum absolute atomic E-state index is 0.155. The van der Waals surface area contributed by atoms with Crippen LogP contribution in [0.5, 0.6) is 0 Å². The fraction of sp³-hybridized carbons (Fsp3) is 0.688. The average molecular weight is 371 g/mol. The summed E-state index contributed by atoms with van der Waals surface area (Å²) in [5.41, 5.74) is 0.511. The molecule has 0 aliphatic carbocycles. The lowest BCUT2D eigenvalue weighted by atomic mass is 9.96. The average Bonchev–Trinajstić information content (AvgIpc) is 2.45. The first-order valence-corrected chi connectivity index (χ1v) is 8.63. The predicted octanol–water partition coefficient (Wildman–Crippen LogP) is 2.80. The van der Waals surface area contributed by atoms with E-state index in [2.05, 4.69) is 31.9 Å². The molecule has 0 spiro atoms. The van der Waals surface area contributed by atoms with Crippen LogP contribution in [0.15, 0.2) is 16.7 Å². The summed E-state index contributed by atoms with van der Waals surface area (Å²) in [6.07, 6.45) is 4.55. The molecule has 1 N–H and O–H groups in total. The lowest BCUT2D eigenvalue weighted by Gasteiger charge is -2.41. The maximum atomic E-state index is 9.56. The number of pyridine rings is 1. The first kappa shape index (κ1) is 16.2. The molecule has 22 heavy (non-hydrogen) atoms. The Bertz CT molecular complexity index is 526. The van der Waals surface area contributed by atoms with Gasteiger partial charge in [-0.05, 0) is 55.1 Å². The highest BCUT2D eigenvalue weighted by Crippen LogP contribution is 2.37. The van der Waals surface area contributed by atoms with Crippen molar-refractivity contribution < 1.29 is 14.6 Å². The first-order chi connectivity index (χ1) is 10.5. The third kappa shape index (κ3) is 3.45. The minimum atomic E-state index is -0.505. The van der Waals surface area contributed by atoms with Crippen molar-refractivity contribution in [3.63, 3.8) is 0 Å². The van der Waals surface area contributed by atoms with Gasteiger partial charge in [-0.3, -0.25) is 0 Å². The van der Waals surface area contributed by atoms with Crippen LogP contribution >= 0.6 is 15.9 Å². The number of nitrogens with zero attached hydrogens (tertiary/aromatic N) is 2. The maximum Gasteiger partial charge on any atom is 0.158 e. The smallest absolute Gasteiger partial charge is 0.158 e. The van der Waals surface area contributed by atoms with Gasteiger partial charge in [0, 0.05) is 35.9 Å². The molecule has 0 bridgehead atoms. The van der Waals surface area contributed by atoms with Crippen LogP contribution in [-0.4, -0.2) is 42.2 Å². The maximum absolute atomic E-state index is 9.56. The second kappa shape index (κ2) is 6.43. The van der Waals surface area contributed by atoms with Gasteiger partial charge in [-0.1, -0.05) is 0 Å². The summed E-state index contributed by atoms with van der Waals surface area (Å²) in [6.45, 7) is 6.11. The monoisotopic (exact) mass is 370 g/mol. The highest BCUT2D eigenvalue weighted by molar-refractivity contribution is 9.10. The van der Waals surface area contributed by atoms with Gasteiger partial charge in [-0.15, -0.1) is 0 Å². The molecule has 0 radical (unpaired) electrons. The Morgan fingerprint density at radius 3 is 2.82 bits per heavy atom. The molecular weight excluding hydrogens is 348 g/mol. The highest BCUT2D eigenvalue weighted by atomic mass is 79.9. The molecular formula is C16H23BrN2O3. The lowest BCUT2D eigenvalue weighted by molar-refractivity contribution is -0.218. The van der Waals surface area contributed by atoms with Gasteiger partial charge in [0.25, 0.3) is 0 Å². The molecule has 3 heterocycles. The van der Waals surface area contributed by atoms with Gasteiger partial charge in [0.05, 0.1) is 11.7 Å². The molecule has 1 atom stereocenters. The van der Waals surface area contributed by atoms with E-state index in [-0.39, 0.29) is 12.4 Å². The molecule has 2 aliphatic rings. The van der Waals surface area contributed by atoms with Crippen LogP contribution in [0.25, 0.3) is 0 Å². The molecule has 6 heteroatoms.